The number of hydrogen-bond donors (Lipinski definition) is 1. The quantitative estimate of drug-likeness (QED) is 0.877. The summed E-state index contributed by atoms with van der Waals surface area (Å²) in [6, 6.07) is 15.4. The first kappa shape index (κ1) is 13.6. The third kappa shape index (κ3) is 2.94. The van der Waals surface area contributed by atoms with Gasteiger partial charge in [-0.25, -0.2) is 0 Å². The first-order chi connectivity index (χ1) is 8.50. The lowest BCUT2D eigenvalue weighted by atomic mass is 9.89. The average Bonchev–Trinajstić information content (AvgIpc) is 2.28. The fourth-order valence-electron chi connectivity index (χ4n) is 2.09. The Labute approximate surface area is 121 Å². The van der Waals surface area contributed by atoms with E-state index in [1.165, 1.54) is 0 Å². The summed E-state index contributed by atoms with van der Waals surface area (Å²) < 4.78 is 0.830. The normalized spacial score (nSPS) is 14.2. The molecule has 0 heterocycles. The van der Waals surface area contributed by atoms with Gasteiger partial charge in [0.25, 0.3) is 0 Å². The van der Waals surface area contributed by atoms with Crippen LogP contribution >= 0.6 is 27.5 Å². The lowest BCUT2D eigenvalue weighted by Gasteiger charge is -2.26. The molecule has 1 atom stereocenters. The van der Waals surface area contributed by atoms with Crippen molar-refractivity contribution in [2.75, 3.05) is 0 Å². The molecule has 18 heavy (non-hydrogen) atoms. The molecule has 0 spiro atoms. The lowest BCUT2D eigenvalue weighted by Crippen LogP contribution is -2.25. The topological polar surface area (TPSA) is 20.2 Å². The number of aliphatic hydroxyl groups is 1. The molecule has 94 valence electrons. The van der Waals surface area contributed by atoms with Gasteiger partial charge in [-0.05, 0) is 24.6 Å². The molecule has 1 unspecified atom stereocenters. The molecule has 2 aromatic carbocycles. The monoisotopic (exact) mass is 324 g/mol. The summed E-state index contributed by atoms with van der Waals surface area (Å²) in [7, 11) is 0. The summed E-state index contributed by atoms with van der Waals surface area (Å²) in [5.41, 5.74) is 0.809. The van der Waals surface area contributed by atoms with Gasteiger partial charge < -0.3 is 5.11 Å². The highest BCUT2D eigenvalue weighted by Crippen LogP contribution is 2.36. The molecule has 1 nitrogen and oxygen atoms in total. The van der Waals surface area contributed by atoms with Crippen molar-refractivity contribution in [2.45, 2.75) is 18.9 Å². The van der Waals surface area contributed by atoms with Crippen LogP contribution in [-0.2, 0) is 12.0 Å². The predicted octanol–water partition coefficient (Wildman–Crippen LogP) is 4.55. The van der Waals surface area contributed by atoms with Crippen LogP contribution in [0, 0.1) is 0 Å². The van der Waals surface area contributed by atoms with Crippen molar-refractivity contribution < 1.29 is 5.11 Å². The molecular formula is C15H14BrClO. The molecule has 0 aliphatic carbocycles. The third-order valence-electron chi connectivity index (χ3n) is 2.89. The van der Waals surface area contributed by atoms with E-state index in [9.17, 15) is 5.11 Å². The molecule has 0 amide bonds. The van der Waals surface area contributed by atoms with E-state index < -0.39 is 5.60 Å². The molecule has 0 radical (unpaired) electrons. The minimum atomic E-state index is -1.00. The van der Waals surface area contributed by atoms with Gasteiger partial charge in [-0.15, -0.1) is 0 Å². The van der Waals surface area contributed by atoms with E-state index >= 15 is 0 Å². The van der Waals surface area contributed by atoms with E-state index in [1.807, 2.05) is 42.5 Å². The standard InChI is InChI=1S/C15H14BrClO/c1-15(18,10-11-6-3-2-4-7-11)14-12(16)8-5-9-13(14)17/h2-9,18H,10H2,1H3. The molecule has 0 aliphatic rings. The van der Waals surface area contributed by atoms with Crippen LogP contribution in [0.4, 0.5) is 0 Å². The van der Waals surface area contributed by atoms with Crippen molar-refractivity contribution in [3.05, 3.63) is 69.2 Å². The minimum absolute atomic E-state index is 0.524. The highest BCUT2D eigenvalue weighted by molar-refractivity contribution is 9.10. The molecule has 0 saturated heterocycles. The smallest absolute Gasteiger partial charge is 0.0934 e. The maximum Gasteiger partial charge on any atom is 0.0934 e. The van der Waals surface area contributed by atoms with Gasteiger partial charge in [0, 0.05) is 21.5 Å². The zero-order chi connectivity index (χ0) is 13.2. The summed E-state index contributed by atoms with van der Waals surface area (Å²) in [6.07, 6.45) is 0.524. The van der Waals surface area contributed by atoms with E-state index in [0.29, 0.717) is 11.4 Å². The SMILES string of the molecule is CC(O)(Cc1ccccc1)c1c(Cl)cccc1Br. The van der Waals surface area contributed by atoms with Gasteiger partial charge in [-0.3, -0.25) is 0 Å². The van der Waals surface area contributed by atoms with Crippen LogP contribution in [0.15, 0.2) is 53.0 Å². The Morgan fingerprint density at radius 1 is 1.11 bits per heavy atom. The van der Waals surface area contributed by atoms with Crippen LogP contribution in [0.2, 0.25) is 5.02 Å². The summed E-state index contributed by atoms with van der Waals surface area (Å²) in [5.74, 6) is 0. The molecule has 1 N–H and O–H groups in total. The van der Waals surface area contributed by atoms with Crippen molar-refractivity contribution in [3.63, 3.8) is 0 Å². The lowest BCUT2D eigenvalue weighted by molar-refractivity contribution is 0.0570. The molecule has 0 aliphatic heterocycles. The maximum atomic E-state index is 10.7. The first-order valence-corrected chi connectivity index (χ1v) is 6.88. The van der Waals surface area contributed by atoms with Crippen molar-refractivity contribution in [3.8, 4) is 0 Å². The molecule has 2 aromatic rings. The highest BCUT2D eigenvalue weighted by Gasteiger charge is 2.28. The van der Waals surface area contributed by atoms with Gasteiger partial charge in [0.2, 0.25) is 0 Å². The molecular weight excluding hydrogens is 312 g/mol. The summed E-state index contributed by atoms with van der Waals surface area (Å²) in [5, 5.41) is 11.3. The van der Waals surface area contributed by atoms with Gasteiger partial charge in [-0.1, -0.05) is 63.9 Å². The fourth-order valence-corrected chi connectivity index (χ4v) is 3.38. The Kier molecular flexibility index (Phi) is 4.10. The minimum Gasteiger partial charge on any atom is -0.385 e. The number of halogens is 2. The highest BCUT2D eigenvalue weighted by atomic mass is 79.9. The van der Waals surface area contributed by atoms with Crippen molar-refractivity contribution in [1.82, 2.24) is 0 Å². The van der Waals surface area contributed by atoms with Gasteiger partial charge in [0.15, 0.2) is 0 Å². The van der Waals surface area contributed by atoms with Crippen LogP contribution in [0.5, 0.6) is 0 Å². The van der Waals surface area contributed by atoms with E-state index in [1.54, 1.807) is 13.0 Å². The van der Waals surface area contributed by atoms with Gasteiger partial charge in [-0.2, -0.15) is 0 Å². The van der Waals surface area contributed by atoms with E-state index in [2.05, 4.69) is 15.9 Å². The maximum absolute atomic E-state index is 10.7. The van der Waals surface area contributed by atoms with Crippen LogP contribution in [0.3, 0.4) is 0 Å². The van der Waals surface area contributed by atoms with Gasteiger partial charge in [0.1, 0.15) is 0 Å². The molecule has 2 rings (SSSR count). The largest absolute Gasteiger partial charge is 0.385 e. The van der Waals surface area contributed by atoms with Crippen LogP contribution in [0.1, 0.15) is 18.1 Å². The second kappa shape index (κ2) is 5.43. The summed E-state index contributed by atoms with van der Waals surface area (Å²) in [4.78, 5) is 0. The van der Waals surface area contributed by atoms with Crippen LogP contribution in [-0.4, -0.2) is 5.11 Å². The summed E-state index contributed by atoms with van der Waals surface area (Å²) >= 11 is 9.64. The van der Waals surface area contributed by atoms with E-state index in [-0.39, 0.29) is 0 Å². The molecule has 3 heteroatoms. The number of hydrogen-bond acceptors (Lipinski definition) is 1. The van der Waals surface area contributed by atoms with Crippen LogP contribution in [0.25, 0.3) is 0 Å². The van der Waals surface area contributed by atoms with Crippen molar-refractivity contribution >= 4 is 27.5 Å². The van der Waals surface area contributed by atoms with Crippen molar-refractivity contribution in [2.24, 2.45) is 0 Å². The Bertz CT molecular complexity index is 517. The fraction of sp³-hybridized carbons (Fsp3) is 0.200. The number of benzene rings is 2. The zero-order valence-corrected chi connectivity index (χ0v) is 12.4. The second-order valence-electron chi connectivity index (χ2n) is 4.53. The van der Waals surface area contributed by atoms with Gasteiger partial charge in [0.05, 0.1) is 5.60 Å². The Morgan fingerprint density at radius 3 is 2.39 bits per heavy atom. The van der Waals surface area contributed by atoms with E-state index in [0.717, 1.165) is 15.6 Å². The number of rotatable bonds is 3. The van der Waals surface area contributed by atoms with Gasteiger partial charge >= 0.3 is 0 Å². The molecule has 0 aromatic heterocycles. The zero-order valence-electron chi connectivity index (χ0n) is 10.0. The Morgan fingerprint density at radius 2 is 1.78 bits per heavy atom. The van der Waals surface area contributed by atoms with Crippen molar-refractivity contribution in [1.29, 1.82) is 0 Å². The van der Waals surface area contributed by atoms with Crippen LogP contribution < -0.4 is 0 Å². The summed E-state index contributed by atoms with van der Waals surface area (Å²) in [6.45, 7) is 1.78. The molecule has 0 fully saturated rings. The average molecular weight is 326 g/mol. The Balaban J connectivity index is 2.37. The Hall–Kier alpha value is -0.830. The second-order valence-corrected chi connectivity index (χ2v) is 5.79. The van der Waals surface area contributed by atoms with E-state index in [4.69, 9.17) is 11.6 Å². The predicted molar refractivity (Wildman–Crippen MR) is 78.9 cm³/mol. The third-order valence-corrected chi connectivity index (χ3v) is 3.87. The first-order valence-electron chi connectivity index (χ1n) is 5.71. The molecule has 0 bridgehead atoms. The molecule has 0 saturated carbocycles.